The summed E-state index contributed by atoms with van der Waals surface area (Å²) < 4.78 is 0. The highest BCUT2D eigenvalue weighted by atomic mass is 16.2. The number of piperazine rings is 1. The molecule has 3 fully saturated rings. The number of carbonyl (C=O) groups is 2. The van der Waals surface area contributed by atoms with E-state index in [-0.39, 0.29) is 17.9 Å². The average Bonchev–Trinajstić information content (AvgIpc) is 3.35. The predicted octanol–water partition coefficient (Wildman–Crippen LogP) is 1.11. The van der Waals surface area contributed by atoms with E-state index < -0.39 is 0 Å². The van der Waals surface area contributed by atoms with Crippen LogP contribution in [0.2, 0.25) is 0 Å². The molecule has 2 amide bonds. The molecule has 0 bridgehead atoms. The summed E-state index contributed by atoms with van der Waals surface area (Å²) in [6.07, 6.45) is 6.28. The molecule has 0 spiro atoms. The third-order valence-electron chi connectivity index (χ3n) is 5.88. The molecule has 3 aliphatic rings. The number of nitrogens with zero attached hydrogens (tertiary/aromatic N) is 4. The summed E-state index contributed by atoms with van der Waals surface area (Å²) in [4.78, 5) is 36.2. The Bertz CT molecular complexity index is 691. The fraction of sp³-hybridized carbons (Fsp3) is 0.650. The number of hydrogen-bond donors (Lipinski definition) is 1. The van der Waals surface area contributed by atoms with E-state index in [1.165, 1.54) is 0 Å². The number of amides is 2. The molecule has 2 saturated heterocycles. The number of nitrogens with one attached hydrogen (secondary N) is 1. The van der Waals surface area contributed by atoms with E-state index in [2.05, 4.69) is 20.1 Å². The zero-order valence-electron chi connectivity index (χ0n) is 16.1. The highest BCUT2D eigenvalue weighted by Crippen LogP contribution is 2.24. The molecule has 27 heavy (non-hydrogen) atoms. The number of carbonyl (C=O) groups excluding carboxylic acids is 2. The molecular formula is C20H29N5O2. The van der Waals surface area contributed by atoms with Gasteiger partial charge in [-0.05, 0) is 44.7 Å². The molecule has 1 N–H and O–H groups in total. The van der Waals surface area contributed by atoms with Crippen LogP contribution in [0.4, 0.5) is 5.82 Å². The third kappa shape index (κ3) is 4.08. The Hall–Kier alpha value is -2.15. The first-order valence-corrected chi connectivity index (χ1v) is 10.2. The van der Waals surface area contributed by atoms with E-state index in [1.807, 2.05) is 24.0 Å². The summed E-state index contributed by atoms with van der Waals surface area (Å²) in [6.45, 7) is 6.65. The van der Waals surface area contributed by atoms with E-state index in [4.69, 9.17) is 0 Å². The molecule has 1 aliphatic carbocycles. The van der Waals surface area contributed by atoms with Crippen molar-refractivity contribution in [3.05, 3.63) is 23.9 Å². The fourth-order valence-electron chi connectivity index (χ4n) is 3.94. The number of hydrogen-bond acceptors (Lipinski definition) is 5. The molecule has 0 radical (unpaired) electrons. The van der Waals surface area contributed by atoms with E-state index in [0.717, 1.165) is 57.7 Å². The second-order valence-corrected chi connectivity index (χ2v) is 7.86. The average molecular weight is 371 g/mol. The first-order valence-electron chi connectivity index (χ1n) is 10.2. The largest absolute Gasteiger partial charge is 0.356 e. The lowest BCUT2D eigenvalue weighted by atomic mass is 10.1. The van der Waals surface area contributed by atoms with Crippen LogP contribution >= 0.6 is 0 Å². The molecule has 0 aromatic carbocycles. The Morgan fingerprint density at radius 2 is 1.81 bits per heavy atom. The molecule has 7 nitrogen and oxygen atoms in total. The van der Waals surface area contributed by atoms with Crippen LogP contribution in [0.1, 0.15) is 43.0 Å². The minimum Gasteiger partial charge on any atom is -0.356 e. The van der Waals surface area contributed by atoms with Gasteiger partial charge in [-0.3, -0.25) is 14.5 Å². The van der Waals surface area contributed by atoms with Crippen molar-refractivity contribution in [2.75, 3.05) is 44.2 Å². The van der Waals surface area contributed by atoms with Gasteiger partial charge < -0.3 is 15.1 Å². The summed E-state index contributed by atoms with van der Waals surface area (Å²) in [5.41, 5.74) is 0.701. The van der Waals surface area contributed by atoms with Crippen molar-refractivity contribution < 1.29 is 9.59 Å². The quantitative estimate of drug-likeness (QED) is 0.840. The maximum absolute atomic E-state index is 13.1. The lowest BCUT2D eigenvalue weighted by molar-refractivity contribution is -0.126. The molecular weight excluding hydrogens is 342 g/mol. The SMILES string of the molecule is CC(C(=O)NC1CC1)N1CCN(C(=O)c2cccnc2N2CCCC2)CC1. The van der Waals surface area contributed by atoms with Crippen molar-refractivity contribution in [3.63, 3.8) is 0 Å². The van der Waals surface area contributed by atoms with Crippen LogP contribution in [-0.2, 0) is 4.79 Å². The predicted molar refractivity (Wildman–Crippen MR) is 104 cm³/mol. The Labute approximate surface area is 160 Å². The number of anilines is 1. The molecule has 1 unspecified atom stereocenters. The normalized spacial score (nSPS) is 22.0. The maximum Gasteiger partial charge on any atom is 0.257 e. The molecule has 1 atom stereocenters. The van der Waals surface area contributed by atoms with Crippen molar-refractivity contribution in [2.24, 2.45) is 0 Å². The van der Waals surface area contributed by atoms with Gasteiger partial charge >= 0.3 is 0 Å². The van der Waals surface area contributed by atoms with Crippen molar-refractivity contribution in [2.45, 2.75) is 44.7 Å². The van der Waals surface area contributed by atoms with Crippen molar-refractivity contribution in [1.29, 1.82) is 0 Å². The first-order chi connectivity index (χ1) is 13.1. The number of rotatable bonds is 5. The van der Waals surface area contributed by atoms with Crippen LogP contribution in [0.3, 0.4) is 0 Å². The molecule has 4 rings (SSSR count). The Kier molecular flexibility index (Phi) is 5.29. The zero-order chi connectivity index (χ0) is 18.8. The molecule has 1 aromatic rings. The number of pyridine rings is 1. The maximum atomic E-state index is 13.1. The van der Waals surface area contributed by atoms with Gasteiger partial charge in [0.2, 0.25) is 5.91 Å². The van der Waals surface area contributed by atoms with Crippen LogP contribution in [0.15, 0.2) is 18.3 Å². The molecule has 3 heterocycles. The van der Waals surface area contributed by atoms with Crippen LogP contribution in [0.5, 0.6) is 0 Å². The highest BCUT2D eigenvalue weighted by molar-refractivity contribution is 5.99. The minimum absolute atomic E-state index is 0.0553. The summed E-state index contributed by atoms with van der Waals surface area (Å²) in [5.74, 6) is 0.986. The van der Waals surface area contributed by atoms with E-state index in [9.17, 15) is 9.59 Å². The van der Waals surface area contributed by atoms with Crippen LogP contribution in [0.25, 0.3) is 0 Å². The second kappa shape index (κ2) is 7.84. The fourth-order valence-corrected chi connectivity index (χ4v) is 3.94. The van der Waals surface area contributed by atoms with Crippen molar-refractivity contribution >= 4 is 17.6 Å². The molecule has 7 heteroatoms. The summed E-state index contributed by atoms with van der Waals surface area (Å²) in [7, 11) is 0. The molecule has 1 aromatic heterocycles. The van der Waals surface area contributed by atoms with Gasteiger partial charge in [-0.25, -0.2) is 4.98 Å². The summed E-state index contributed by atoms with van der Waals surface area (Å²) >= 11 is 0. The van der Waals surface area contributed by atoms with Gasteiger partial charge in [0.25, 0.3) is 5.91 Å². The Morgan fingerprint density at radius 1 is 1.11 bits per heavy atom. The zero-order valence-corrected chi connectivity index (χ0v) is 16.1. The Balaban J connectivity index is 1.37. The van der Waals surface area contributed by atoms with Crippen molar-refractivity contribution in [1.82, 2.24) is 20.1 Å². The van der Waals surface area contributed by atoms with Gasteiger partial charge in [0, 0.05) is 51.5 Å². The van der Waals surface area contributed by atoms with Gasteiger partial charge in [0.15, 0.2) is 0 Å². The molecule has 1 saturated carbocycles. The number of aromatic nitrogens is 1. The Morgan fingerprint density at radius 3 is 2.48 bits per heavy atom. The molecule has 146 valence electrons. The van der Waals surface area contributed by atoms with Crippen LogP contribution in [0, 0.1) is 0 Å². The lowest BCUT2D eigenvalue weighted by Crippen LogP contribution is -2.55. The lowest BCUT2D eigenvalue weighted by Gasteiger charge is -2.37. The minimum atomic E-state index is -0.138. The second-order valence-electron chi connectivity index (χ2n) is 7.86. The summed E-state index contributed by atoms with van der Waals surface area (Å²) in [6, 6.07) is 3.98. The van der Waals surface area contributed by atoms with E-state index in [0.29, 0.717) is 24.7 Å². The standard InChI is InChI=1S/C20H29N5O2/c1-15(19(26)22-16-6-7-16)23-11-13-25(14-12-23)20(27)17-5-4-8-21-18(17)24-9-2-3-10-24/h4-5,8,15-16H,2-3,6-7,9-14H2,1H3,(H,22,26). The smallest absolute Gasteiger partial charge is 0.257 e. The topological polar surface area (TPSA) is 68.8 Å². The van der Waals surface area contributed by atoms with Crippen LogP contribution < -0.4 is 10.2 Å². The van der Waals surface area contributed by atoms with E-state index in [1.54, 1.807) is 6.20 Å². The van der Waals surface area contributed by atoms with Gasteiger partial charge in [-0.2, -0.15) is 0 Å². The molecule has 2 aliphatic heterocycles. The monoisotopic (exact) mass is 371 g/mol. The van der Waals surface area contributed by atoms with Gasteiger partial charge in [-0.1, -0.05) is 0 Å². The van der Waals surface area contributed by atoms with E-state index >= 15 is 0 Å². The third-order valence-corrected chi connectivity index (χ3v) is 5.88. The van der Waals surface area contributed by atoms with Gasteiger partial charge in [0.1, 0.15) is 5.82 Å². The van der Waals surface area contributed by atoms with Gasteiger partial charge in [-0.15, -0.1) is 0 Å². The summed E-state index contributed by atoms with van der Waals surface area (Å²) in [5, 5.41) is 3.07. The van der Waals surface area contributed by atoms with Crippen molar-refractivity contribution in [3.8, 4) is 0 Å². The van der Waals surface area contributed by atoms with Gasteiger partial charge in [0.05, 0.1) is 11.6 Å². The van der Waals surface area contributed by atoms with Crippen LogP contribution in [-0.4, -0.2) is 78.0 Å². The highest BCUT2D eigenvalue weighted by Gasteiger charge is 2.32. The first kappa shape index (κ1) is 18.2.